The quantitative estimate of drug-likeness (QED) is 0.390. The summed E-state index contributed by atoms with van der Waals surface area (Å²) in [6.07, 6.45) is 3.17. The highest BCUT2D eigenvalue weighted by atomic mass is 16.5. The van der Waals surface area contributed by atoms with E-state index in [1.807, 2.05) is 13.8 Å². The number of fused-ring (bicyclic) bond motifs is 1. The molecule has 8 heteroatoms. The van der Waals surface area contributed by atoms with E-state index in [-0.39, 0.29) is 11.9 Å². The van der Waals surface area contributed by atoms with Crippen molar-refractivity contribution >= 4 is 28.6 Å². The molecule has 0 fully saturated rings. The van der Waals surface area contributed by atoms with Gasteiger partial charge in [0.1, 0.15) is 11.4 Å². The van der Waals surface area contributed by atoms with E-state index in [1.165, 1.54) is 6.92 Å². The molecule has 0 radical (unpaired) electrons. The summed E-state index contributed by atoms with van der Waals surface area (Å²) < 4.78 is 12.8. The molecule has 4 rings (SSSR count). The summed E-state index contributed by atoms with van der Waals surface area (Å²) >= 11 is 0. The van der Waals surface area contributed by atoms with Gasteiger partial charge in [-0.15, -0.1) is 0 Å². The summed E-state index contributed by atoms with van der Waals surface area (Å²) in [5.74, 6) is 0.189. The molecule has 0 aliphatic carbocycles. The van der Waals surface area contributed by atoms with Gasteiger partial charge in [-0.05, 0) is 56.3 Å². The number of amides is 1. The first-order valence-electron chi connectivity index (χ1n) is 9.44. The lowest BCUT2D eigenvalue weighted by atomic mass is 10.1. The van der Waals surface area contributed by atoms with Gasteiger partial charge in [-0.3, -0.25) is 4.79 Å². The van der Waals surface area contributed by atoms with Crippen LogP contribution in [0.4, 0.5) is 5.69 Å². The zero-order valence-corrected chi connectivity index (χ0v) is 16.7. The summed E-state index contributed by atoms with van der Waals surface area (Å²) in [5.41, 5.74) is 2.05. The van der Waals surface area contributed by atoms with Crippen LogP contribution in [-0.2, 0) is 4.79 Å². The van der Waals surface area contributed by atoms with E-state index in [0.29, 0.717) is 39.5 Å². The Labute approximate surface area is 172 Å². The first-order valence-corrected chi connectivity index (χ1v) is 9.44. The van der Waals surface area contributed by atoms with Gasteiger partial charge >= 0.3 is 5.97 Å². The fourth-order valence-corrected chi connectivity index (χ4v) is 3.09. The minimum atomic E-state index is -0.536. The lowest BCUT2D eigenvalue weighted by Gasteiger charge is -2.10. The van der Waals surface area contributed by atoms with E-state index >= 15 is 0 Å². The molecular formula is C22H20N4O4. The molecule has 0 bridgehead atoms. The number of pyridine rings is 1. The number of benzene rings is 1. The molecule has 0 spiro atoms. The molecule has 1 N–H and O–H groups in total. The number of nitrogens with zero attached hydrogens (tertiary/aromatic N) is 3. The Morgan fingerprint density at radius 3 is 2.57 bits per heavy atom. The molecule has 0 atom stereocenters. The van der Waals surface area contributed by atoms with E-state index in [0.717, 1.165) is 0 Å². The highest BCUT2D eigenvalue weighted by Gasteiger charge is 2.21. The lowest BCUT2D eigenvalue weighted by molar-refractivity contribution is -0.114. The largest absolute Gasteiger partial charge is 0.463 e. The number of esters is 1. The highest BCUT2D eigenvalue weighted by Crippen LogP contribution is 2.28. The van der Waals surface area contributed by atoms with Crippen molar-refractivity contribution in [3.05, 3.63) is 60.5 Å². The predicted octanol–water partition coefficient (Wildman–Crippen LogP) is 4.45. The Hall–Kier alpha value is -3.94. The average molecular weight is 404 g/mol. The molecule has 4 aromatic rings. The van der Waals surface area contributed by atoms with Crippen LogP contribution >= 0.6 is 0 Å². The van der Waals surface area contributed by atoms with Crippen LogP contribution in [0.15, 0.2) is 59.3 Å². The number of aromatic nitrogens is 3. The van der Waals surface area contributed by atoms with E-state index in [2.05, 4.69) is 15.4 Å². The molecule has 8 nitrogen and oxygen atoms in total. The van der Waals surface area contributed by atoms with Crippen LogP contribution in [0.2, 0.25) is 0 Å². The van der Waals surface area contributed by atoms with Crippen molar-refractivity contribution in [1.82, 2.24) is 14.8 Å². The molecule has 30 heavy (non-hydrogen) atoms. The summed E-state index contributed by atoms with van der Waals surface area (Å²) in [6.45, 7) is 5.40. The molecule has 152 valence electrons. The summed E-state index contributed by atoms with van der Waals surface area (Å²) in [7, 11) is 0. The number of carbonyl (C=O) groups excluding carboxylic acids is 2. The first kappa shape index (κ1) is 19.4. The van der Waals surface area contributed by atoms with Crippen LogP contribution < -0.4 is 10.1 Å². The molecule has 0 saturated carbocycles. The monoisotopic (exact) mass is 404 g/mol. The molecular weight excluding hydrogens is 384 g/mol. The van der Waals surface area contributed by atoms with Gasteiger partial charge in [-0.25, -0.2) is 14.5 Å². The van der Waals surface area contributed by atoms with Gasteiger partial charge in [0.15, 0.2) is 11.4 Å². The average Bonchev–Trinajstić information content (AvgIpc) is 3.38. The van der Waals surface area contributed by atoms with Gasteiger partial charge in [0.05, 0.1) is 23.4 Å². The maximum absolute atomic E-state index is 13.0. The Morgan fingerprint density at radius 2 is 1.93 bits per heavy atom. The standard InChI is InChI=1S/C22H20N4O4/c1-13(2)26-21-18(12-23-26)17(11-19(25-21)20-5-4-10-29-20)22(28)30-16-8-6-15(7-9-16)24-14(3)27/h4-13H,1-3H3,(H,24,27). The lowest BCUT2D eigenvalue weighted by Crippen LogP contribution is -2.11. The molecule has 3 aromatic heterocycles. The second-order valence-corrected chi connectivity index (χ2v) is 7.05. The first-order chi connectivity index (χ1) is 14.4. The van der Waals surface area contributed by atoms with Crippen LogP contribution in [0.1, 0.15) is 37.2 Å². The smallest absolute Gasteiger partial charge is 0.344 e. The van der Waals surface area contributed by atoms with Crippen LogP contribution in [0, 0.1) is 0 Å². The van der Waals surface area contributed by atoms with Gasteiger partial charge in [0, 0.05) is 18.7 Å². The van der Waals surface area contributed by atoms with Crippen molar-refractivity contribution in [2.24, 2.45) is 0 Å². The van der Waals surface area contributed by atoms with Crippen molar-refractivity contribution in [1.29, 1.82) is 0 Å². The topological polar surface area (TPSA) is 99.2 Å². The number of nitrogens with one attached hydrogen (secondary N) is 1. The van der Waals surface area contributed by atoms with E-state index in [1.54, 1.807) is 59.6 Å². The van der Waals surface area contributed by atoms with Crippen molar-refractivity contribution in [3.8, 4) is 17.2 Å². The number of ether oxygens (including phenoxy) is 1. The third kappa shape index (κ3) is 3.80. The van der Waals surface area contributed by atoms with Crippen molar-refractivity contribution in [2.45, 2.75) is 26.8 Å². The van der Waals surface area contributed by atoms with Gasteiger partial charge in [0.25, 0.3) is 0 Å². The highest BCUT2D eigenvalue weighted by molar-refractivity contribution is 6.04. The third-order valence-electron chi connectivity index (χ3n) is 4.43. The number of hydrogen-bond acceptors (Lipinski definition) is 6. The number of hydrogen-bond donors (Lipinski definition) is 1. The predicted molar refractivity (Wildman–Crippen MR) is 111 cm³/mol. The third-order valence-corrected chi connectivity index (χ3v) is 4.43. The van der Waals surface area contributed by atoms with E-state index in [9.17, 15) is 9.59 Å². The van der Waals surface area contributed by atoms with Crippen LogP contribution in [-0.4, -0.2) is 26.6 Å². The van der Waals surface area contributed by atoms with Crippen LogP contribution in [0.3, 0.4) is 0 Å². The number of anilines is 1. The molecule has 1 amide bonds. The summed E-state index contributed by atoms with van der Waals surface area (Å²) in [6, 6.07) is 11.8. The molecule has 0 saturated heterocycles. The fourth-order valence-electron chi connectivity index (χ4n) is 3.09. The van der Waals surface area contributed by atoms with Crippen molar-refractivity contribution in [3.63, 3.8) is 0 Å². The van der Waals surface area contributed by atoms with Gasteiger partial charge in [0.2, 0.25) is 5.91 Å². The maximum Gasteiger partial charge on any atom is 0.344 e. The van der Waals surface area contributed by atoms with E-state index in [4.69, 9.17) is 9.15 Å². The van der Waals surface area contributed by atoms with Gasteiger partial charge in [-0.1, -0.05) is 0 Å². The number of rotatable bonds is 5. The van der Waals surface area contributed by atoms with E-state index < -0.39 is 5.97 Å². The van der Waals surface area contributed by atoms with Gasteiger partial charge < -0.3 is 14.5 Å². The minimum absolute atomic E-state index is 0.0621. The van der Waals surface area contributed by atoms with Crippen molar-refractivity contribution in [2.75, 3.05) is 5.32 Å². The summed E-state index contributed by atoms with van der Waals surface area (Å²) in [4.78, 5) is 28.8. The van der Waals surface area contributed by atoms with Gasteiger partial charge in [-0.2, -0.15) is 5.10 Å². The molecule has 3 heterocycles. The van der Waals surface area contributed by atoms with Crippen LogP contribution in [0.25, 0.3) is 22.5 Å². The molecule has 0 aliphatic rings. The second kappa shape index (κ2) is 7.82. The molecule has 0 aliphatic heterocycles. The maximum atomic E-state index is 13.0. The zero-order valence-electron chi connectivity index (χ0n) is 16.7. The summed E-state index contributed by atoms with van der Waals surface area (Å²) in [5, 5.41) is 7.65. The molecule has 1 aromatic carbocycles. The Kier molecular flexibility index (Phi) is 5.05. The Balaban J connectivity index is 1.71. The Bertz CT molecular complexity index is 1210. The number of carbonyl (C=O) groups is 2. The molecule has 0 unspecified atom stereocenters. The normalized spacial score (nSPS) is 11.1. The van der Waals surface area contributed by atoms with Crippen LogP contribution in [0.5, 0.6) is 5.75 Å². The number of furan rings is 1. The SMILES string of the molecule is CC(=O)Nc1ccc(OC(=O)c2cc(-c3ccco3)nc3c2cnn3C(C)C)cc1. The zero-order chi connectivity index (χ0) is 21.3. The minimum Gasteiger partial charge on any atom is -0.463 e. The Morgan fingerprint density at radius 1 is 1.17 bits per heavy atom. The van der Waals surface area contributed by atoms with Crippen molar-refractivity contribution < 1.29 is 18.7 Å². The second-order valence-electron chi connectivity index (χ2n) is 7.05. The fraction of sp³-hybridized carbons (Fsp3) is 0.182.